The number of hydrogen-bond acceptors (Lipinski definition) is 4. The summed E-state index contributed by atoms with van der Waals surface area (Å²) in [7, 11) is 0. The first-order valence-corrected chi connectivity index (χ1v) is 10.5. The molecule has 2 rings (SSSR count). The van der Waals surface area contributed by atoms with Gasteiger partial charge in [-0.3, -0.25) is 19.3 Å². The number of amides is 3. The molecular formula is C22H34N4O3. The molecule has 1 aliphatic rings. The fraction of sp³-hybridized carbons (Fsp3) is 0.591. The van der Waals surface area contributed by atoms with Crippen LogP contribution in [0.25, 0.3) is 0 Å². The summed E-state index contributed by atoms with van der Waals surface area (Å²) in [5.41, 5.74) is 1.32. The molecule has 0 aliphatic heterocycles. The van der Waals surface area contributed by atoms with E-state index in [1.807, 2.05) is 11.8 Å². The van der Waals surface area contributed by atoms with E-state index in [1.165, 1.54) is 13.3 Å². The molecule has 1 aliphatic carbocycles. The van der Waals surface area contributed by atoms with Crippen LogP contribution in [0.2, 0.25) is 0 Å². The highest BCUT2D eigenvalue weighted by Crippen LogP contribution is 2.29. The van der Waals surface area contributed by atoms with E-state index in [0.717, 1.165) is 12.8 Å². The largest absolute Gasteiger partial charge is 0.352 e. The second kappa shape index (κ2) is 11.0. The first-order valence-electron chi connectivity index (χ1n) is 10.5. The molecule has 1 fully saturated rings. The summed E-state index contributed by atoms with van der Waals surface area (Å²) in [6.45, 7) is 8.80. The van der Waals surface area contributed by atoms with Crippen LogP contribution >= 0.6 is 0 Å². The average Bonchev–Trinajstić information content (AvgIpc) is 2.66. The summed E-state index contributed by atoms with van der Waals surface area (Å²) in [6.07, 6.45) is 3.40. The number of anilines is 2. The van der Waals surface area contributed by atoms with Crippen molar-refractivity contribution in [2.45, 2.75) is 53.0 Å². The molecule has 29 heavy (non-hydrogen) atoms. The minimum Gasteiger partial charge on any atom is -0.352 e. The van der Waals surface area contributed by atoms with E-state index < -0.39 is 0 Å². The quantitative estimate of drug-likeness (QED) is 0.624. The lowest BCUT2D eigenvalue weighted by atomic mass is 9.78. The third-order valence-electron chi connectivity index (χ3n) is 5.72. The molecule has 3 amide bonds. The van der Waals surface area contributed by atoms with Gasteiger partial charge in [-0.2, -0.15) is 0 Å². The van der Waals surface area contributed by atoms with E-state index in [1.54, 1.807) is 24.3 Å². The Bertz CT molecular complexity index is 705. The summed E-state index contributed by atoms with van der Waals surface area (Å²) in [6, 6.07) is 7.15. The summed E-state index contributed by atoms with van der Waals surface area (Å²) in [4.78, 5) is 37.7. The maximum atomic E-state index is 12.5. The van der Waals surface area contributed by atoms with Crippen LogP contribution in [-0.4, -0.2) is 48.3 Å². The van der Waals surface area contributed by atoms with Crippen molar-refractivity contribution in [3.8, 4) is 0 Å². The van der Waals surface area contributed by atoms with Crippen LogP contribution < -0.4 is 16.0 Å². The fourth-order valence-electron chi connectivity index (χ4n) is 3.76. The molecule has 160 valence electrons. The van der Waals surface area contributed by atoms with Gasteiger partial charge in [-0.25, -0.2) is 0 Å². The van der Waals surface area contributed by atoms with Crippen LogP contribution in [0.4, 0.5) is 11.4 Å². The zero-order valence-electron chi connectivity index (χ0n) is 18.0. The minimum atomic E-state index is -0.174. The molecule has 0 aromatic heterocycles. The number of nitrogens with one attached hydrogen (secondary N) is 3. The smallest absolute Gasteiger partial charge is 0.238 e. The van der Waals surface area contributed by atoms with Crippen molar-refractivity contribution >= 4 is 29.1 Å². The molecule has 7 nitrogen and oxygen atoms in total. The molecule has 0 spiro atoms. The van der Waals surface area contributed by atoms with Gasteiger partial charge in [0.2, 0.25) is 17.7 Å². The highest BCUT2D eigenvalue weighted by atomic mass is 16.2. The fourth-order valence-corrected chi connectivity index (χ4v) is 3.76. The monoisotopic (exact) mass is 402 g/mol. The van der Waals surface area contributed by atoms with Crippen LogP contribution in [-0.2, 0) is 14.4 Å². The van der Waals surface area contributed by atoms with Crippen molar-refractivity contribution in [2.24, 2.45) is 11.8 Å². The van der Waals surface area contributed by atoms with Gasteiger partial charge >= 0.3 is 0 Å². The van der Waals surface area contributed by atoms with Crippen LogP contribution in [0.15, 0.2) is 24.3 Å². The molecule has 0 saturated heterocycles. The molecule has 3 N–H and O–H groups in total. The van der Waals surface area contributed by atoms with Crippen molar-refractivity contribution in [3.63, 3.8) is 0 Å². The number of carbonyl (C=O) groups excluding carboxylic acids is 3. The Kier molecular flexibility index (Phi) is 8.64. The Morgan fingerprint density at radius 3 is 2.14 bits per heavy atom. The summed E-state index contributed by atoms with van der Waals surface area (Å²) >= 11 is 0. The molecule has 3 unspecified atom stereocenters. The molecule has 1 aromatic carbocycles. The molecule has 3 atom stereocenters. The van der Waals surface area contributed by atoms with E-state index in [4.69, 9.17) is 0 Å². The third-order valence-corrected chi connectivity index (χ3v) is 5.72. The van der Waals surface area contributed by atoms with Crippen LogP contribution in [0.5, 0.6) is 0 Å². The molecule has 1 saturated carbocycles. The Morgan fingerprint density at radius 1 is 0.966 bits per heavy atom. The third kappa shape index (κ3) is 7.49. The van der Waals surface area contributed by atoms with E-state index in [2.05, 4.69) is 29.8 Å². The van der Waals surface area contributed by atoms with Gasteiger partial charge in [-0.1, -0.05) is 33.6 Å². The van der Waals surface area contributed by atoms with Crippen LogP contribution in [0.1, 0.15) is 47.0 Å². The number of benzene rings is 1. The number of rotatable bonds is 8. The van der Waals surface area contributed by atoms with Gasteiger partial charge in [0.05, 0.1) is 13.1 Å². The van der Waals surface area contributed by atoms with Gasteiger partial charge in [-0.15, -0.1) is 0 Å². The topological polar surface area (TPSA) is 90.5 Å². The van der Waals surface area contributed by atoms with E-state index in [9.17, 15) is 14.4 Å². The predicted molar refractivity (Wildman–Crippen MR) is 116 cm³/mol. The molecule has 0 radical (unpaired) electrons. The van der Waals surface area contributed by atoms with E-state index in [0.29, 0.717) is 29.8 Å². The maximum absolute atomic E-state index is 12.5. The summed E-state index contributed by atoms with van der Waals surface area (Å²) in [5.74, 6) is 0.762. The number of hydrogen-bond donors (Lipinski definition) is 3. The maximum Gasteiger partial charge on any atom is 0.238 e. The Labute approximate surface area is 173 Å². The predicted octanol–water partition coefficient (Wildman–Crippen LogP) is 2.85. The summed E-state index contributed by atoms with van der Waals surface area (Å²) in [5, 5.41) is 8.67. The zero-order chi connectivity index (χ0) is 21.4. The zero-order valence-corrected chi connectivity index (χ0v) is 18.0. The number of likely N-dealkylation sites (N-methyl/N-ethyl adjacent to an activating group) is 1. The number of nitrogens with zero attached hydrogens (tertiary/aromatic N) is 1. The Hall–Kier alpha value is -2.41. The van der Waals surface area contributed by atoms with Gasteiger partial charge in [0.15, 0.2) is 0 Å². The van der Waals surface area contributed by atoms with Crippen LogP contribution in [0, 0.1) is 11.8 Å². The van der Waals surface area contributed by atoms with Crippen molar-refractivity contribution in [1.82, 2.24) is 10.2 Å². The highest BCUT2D eigenvalue weighted by Gasteiger charge is 2.28. The molecule has 7 heteroatoms. The van der Waals surface area contributed by atoms with Gasteiger partial charge < -0.3 is 16.0 Å². The standard InChI is InChI=1S/C22H34N4O3/c1-5-26(14-22(29)25-20-8-6-7-15(2)16(20)3)13-21(28)24-19-11-9-18(10-12-19)23-17(4)27/h9-12,15-16,20H,5-8,13-14H2,1-4H3,(H,23,27)(H,24,28)(H,25,29). The first-order chi connectivity index (χ1) is 13.8. The Morgan fingerprint density at radius 2 is 1.55 bits per heavy atom. The van der Waals surface area contributed by atoms with Crippen molar-refractivity contribution in [2.75, 3.05) is 30.3 Å². The second-order valence-corrected chi connectivity index (χ2v) is 8.05. The average molecular weight is 403 g/mol. The lowest BCUT2D eigenvalue weighted by Gasteiger charge is -2.35. The van der Waals surface area contributed by atoms with Gasteiger partial charge in [0.1, 0.15) is 0 Å². The van der Waals surface area contributed by atoms with E-state index >= 15 is 0 Å². The lowest BCUT2D eigenvalue weighted by molar-refractivity contribution is -0.124. The Balaban J connectivity index is 1.81. The van der Waals surface area contributed by atoms with Crippen molar-refractivity contribution in [3.05, 3.63) is 24.3 Å². The lowest BCUT2D eigenvalue weighted by Crippen LogP contribution is -2.48. The van der Waals surface area contributed by atoms with Gasteiger partial charge in [0, 0.05) is 24.3 Å². The number of carbonyl (C=O) groups is 3. The second-order valence-electron chi connectivity index (χ2n) is 8.05. The van der Waals surface area contributed by atoms with Crippen molar-refractivity contribution in [1.29, 1.82) is 0 Å². The molecular weight excluding hydrogens is 368 g/mol. The molecule has 1 aromatic rings. The molecule has 0 bridgehead atoms. The summed E-state index contributed by atoms with van der Waals surface area (Å²) < 4.78 is 0. The molecule has 0 heterocycles. The van der Waals surface area contributed by atoms with Crippen LogP contribution in [0.3, 0.4) is 0 Å². The SMILES string of the molecule is CCN(CC(=O)Nc1ccc(NC(C)=O)cc1)CC(=O)NC1CCCC(C)C1C. The van der Waals surface area contributed by atoms with Gasteiger partial charge in [0.25, 0.3) is 0 Å². The van der Waals surface area contributed by atoms with E-state index in [-0.39, 0.29) is 36.9 Å². The normalized spacial score (nSPS) is 21.5. The highest BCUT2D eigenvalue weighted by molar-refractivity contribution is 5.93. The first kappa shape index (κ1) is 22.9. The van der Waals surface area contributed by atoms with Crippen molar-refractivity contribution < 1.29 is 14.4 Å². The van der Waals surface area contributed by atoms with Gasteiger partial charge in [-0.05, 0) is 49.1 Å². The minimum absolute atomic E-state index is 0.0229.